The third-order valence-electron chi connectivity index (χ3n) is 5.28. The molecule has 2 aliphatic carbocycles. The van der Waals surface area contributed by atoms with E-state index >= 15 is 0 Å². The monoisotopic (exact) mass is 297 g/mol. The lowest BCUT2D eigenvalue weighted by atomic mass is 10.0. The Balaban J connectivity index is 1.49. The predicted molar refractivity (Wildman–Crippen MR) is 87.9 cm³/mol. The molecule has 4 rings (SSSR count). The van der Waals surface area contributed by atoms with Crippen molar-refractivity contribution in [2.45, 2.75) is 32.1 Å². The molecule has 1 amide bonds. The average Bonchev–Trinajstić information content (AvgIpc) is 3.36. The molecule has 1 aromatic rings. The summed E-state index contributed by atoms with van der Waals surface area (Å²) in [7, 11) is 1.91. The Labute approximate surface area is 131 Å². The molecule has 2 saturated carbocycles. The Kier molecular flexibility index (Phi) is 3.21. The summed E-state index contributed by atoms with van der Waals surface area (Å²) in [5.41, 5.74) is 3.23. The van der Waals surface area contributed by atoms with E-state index in [-0.39, 0.29) is 11.8 Å². The number of rotatable bonds is 4. The number of amides is 1. The maximum Gasteiger partial charge on any atom is 0.235 e. The molecule has 1 N–H and O–H groups in total. The van der Waals surface area contributed by atoms with Gasteiger partial charge in [0.05, 0.1) is 12.5 Å². The van der Waals surface area contributed by atoms with Gasteiger partial charge in [-0.3, -0.25) is 9.80 Å². The molecule has 1 aliphatic heterocycles. The van der Waals surface area contributed by atoms with E-state index in [1.807, 2.05) is 31.1 Å². The summed E-state index contributed by atoms with van der Waals surface area (Å²) in [5.74, 6) is 2.41. The van der Waals surface area contributed by atoms with E-state index in [2.05, 4.69) is 22.6 Å². The van der Waals surface area contributed by atoms with Crippen LogP contribution >= 0.6 is 0 Å². The molecular weight excluding hydrogens is 274 g/mol. The molecule has 22 heavy (non-hydrogen) atoms. The van der Waals surface area contributed by atoms with Gasteiger partial charge in [-0.2, -0.15) is 5.10 Å². The van der Waals surface area contributed by atoms with Crippen LogP contribution in [0.5, 0.6) is 0 Å². The van der Waals surface area contributed by atoms with Crippen LogP contribution in [0, 0.1) is 17.8 Å². The predicted octanol–water partition coefficient (Wildman–Crippen LogP) is 3.08. The standard InChI is InChI=1S/C18H23N3O/c1-11-16(10-21(2)20-11)18(22)19-17-6-4-3-5-13(17)15-9-14(15)12-7-8-12/h3-6,12,14-16H,7-10H2,1-2H3,(H,19,22)/t14-,15-,16?/m0/s1. The molecule has 0 radical (unpaired) electrons. The molecule has 1 aromatic carbocycles. The van der Waals surface area contributed by atoms with Crippen LogP contribution in [-0.2, 0) is 4.79 Å². The first-order chi connectivity index (χ1) is 10.6. The molecule has 1 heterocycles. The Morgan fingerprint density at radius 3 is 2.77 bits per heavy atom. The summed E-state index contributed by atoms with van der Waals surface area (Å²) >= 11 is 0. The van der Waals surface area contributed by atoms with Gasteiger partial charge in [0.1, 0.15) is 0 Å². The topological polar surface area (TPSA) is 44.7 Å². The van der Waals surface area contributed by atoms with Gasteiger partial charge in [0.2, 0.25) is 5.91 Å². The Morgan fingerprint density at radius 1 is 1.32 bits per heavy atom. The summed E-state index contributed by atoms with van der Waals surface area (Å²) < 4.78 is 0. The van der Waals surface area contributed by atoms with E-state index in [0.717, 1.165) is 23.2 Å². The van der Waals surface area contributed by atoms with Crippen molar-refractivity contribution in [2.24, 2.45) is 22.9 Å². The molecule has 116 valence electrons. The van der Waals surface area contributed by atoms with Gasteiger partial charge in [0, 0.05) is 18.4 Å². The Bertz CT molecular complexity index is 635. The second-order valence-electron chi connectivity index (χ2n) is 7.05. The van der Waals surface area contributed by atoms with E-state index in [1.54, 1.807) is 0 Å². The summed E-state index contributed by atoms with van der Waals surface area (Å²) in [5, 5.41) is 9.34. The van der Waals surface area contributed by atoms with Crippen molar-refractivity contribution >= 4 is 17.3 Å². The van der Waals surface area contributed by atoms with Crippen molar-refractivity contribution in [3.63, 3.8) is 0 Å². The lowest BCUT2D eigenvalue weighted by Crippen LogP contribution is -2.30. The largest absolute Gasteiger partial charge is 0.325 e. The molecule has 4 nitrogen and oxygen atoms in total. The second kappa shape index (κ2) is 5.11. The molecule has 0 spiro atoms. The van der Waals surface area contributed by atoms with Gasteiger partial charge in [0.15, 0.2) is 0 Å². The average molecular weight is 297 g/mol. The van der Waals surface area contributed by atoms with Gasteiger partial charge >= 0.3 is 0 Å². The molecule has 3 atom stereocenters. The van der Waals surface area contributed by atoms with E-state index in [4.69, 9.17) is 0 Å². The molecule has 0 aromatic heterocycles. The summed E-state index contributed by atoms with van der Waals surface area (Å²) in [4.78, 5) is 12.6. The van der Waals surface area contributed by atoms with Crippen LogP contribution in [0.1, 0.15) is 37.7 Å². The lowest BCUT2D eigenvalue weighted by molar-refractivity contribution is -0.118. The maximum absolute atomic E-state index is 12.6. The highest BCUT2D eigenvalue weighted by molar-refractivity contribution is 6.09. The van der Waals surface area contributed by atoms with E-state index in [9.17, 15) is 4.79 Å². The van der Waals surface area contributed by atoms with Gasteiger partial charge in [-0.25, -0.2) is 0 Å². The third-order valence-corrected chi connectivity index (χ3v) is 5.28. The number of para-hydroxylation sites is 1. The molecule has 2 fully saturated rings. The van der Waals surface area contributed by atoms with Gasteiger partial charge in [-0.05, 0) is 55.6 Å². The molecular formula is C18H23N3O. The van der Waals surface area contributed by atoms with Gasteiger partial charge < -0.3 is 5.32 Å². The number of hydrogen-bond acceptors (Lipinski definition) is 3. The number of carbonyl (C=O) groups excluding carboxylic acids is 1. The summed E-state index contributed by atoms with van der Waals surface area (Å²) in [6.07, 6.45) is 4.10. The minimum atomic E-state index is -0.128. The minimum Gasteiger partial charge on any atom is -0.325 e. The fourth-order valence-electron chi connectivity index (χ4n) is 3.82. The highest BCUT2D eigenvalue weighted by atomic mass is 16.2. The van der Waals surface area contributed by atoms with E-state index < -0.39 is 0 Å². The molecule has 4 heteroatoms. The number of nitrogens with zero attached hydrogens (tertiary/aromatic N) is 2. The second-order valence-corrected chi connectivity index (χ2v) is 7.05. The molecule has 0 saturated heterocycles. The molecule has 1 unspecified atom stereocenters. The normalized spacial score (nSPS) is 30.2. The Hall–Kier alpha value is -1.84. The number of carbonyl (C=O) groups is 1. The van der Waals surface area contributed by atoms with Crippen LogP contribution in [0.25, 0.3) is 0 Å². The lowest BCUT2D eigenvalue weighted by Gasteiger charge is -2.15. The van der Waals surface area contributed by atoms with Crippen molar-refractivity contribution in [1.82, 2.24) is 5.01 Å². The van der Waals surface area contributed by atoms with E-state index in [0.29, 0.717) is 12.5 Å². The first kappa shape index (κ1) is 13.8. The fourth-order valence-corrected chi connectivity index (χ4v) is 3.82. The number of anilines is 1. The van der Waals surface area contributed by atoms with Gasteiger partial charge in [0.25, 0.3) is 0 Å². The van der Waals surface area contributed by atoms with Gasteiger partial charge in [-0.1, -0.05) is 18.2 Å². The van der Waals surface area contributed by atoms with Crippen molar-refractivity contribution < 1.29 is 4.79 Å². The number of hydrogen-bond donors (Lipinski definition) is 1. The fraction of sp³-hybridized carbons (Fsp3) is 0.556. The SMILES string of the molecule is CC1=NN(C)CC1C(=O)Nc1ccccc1[C@@H]1C[C@H]1C1CC1. The zero-order valence-electron chi connectivity index (χ0n) is 13.2. The van der Waals surface area contributed by atoms with Crippen LogP contribution in [0.2, 0.25) is 0 Å². The van der Waals surface area contributed by atoms with Crippen LogP contribution in [0.4, 0.5) is 5.69 Å². The molecule has 3 aliphatic rings. The number of hydrazone groups is 1. The van der Waals surface area contributed by atoms with Crippen LogP contribution in [0.3, 0.4) is 0 Å². The highest BCUT2D eigenvalue weighted by Crippen LogP contribution is 2.60. The van der Waals surface area contributed by atoms with Crippen LogP contribution in [-0.4, -0.2) is 30.2 Å². The zero-order chi connectivity index (χ0) is 15.3. The zero-order valence-corrected chi connectivity index (χ0v) is 13.2. The third kappa shape index (κ3) is 2.51. The Morgan fingerprint density at radius 2 is 2.09 bits per heavy atom. The van der Waals surface area contributed by atoms with Crippen molar-refractivity contribution in [2.75, 3.05) is 18.9 Å². The van der Waals surface area contributed by atoms with Crippen LogP contribution < -0.4 is 5.32 Å². The van der Waals surface area contributed by atoms with Crippen molar-refractivity contribution in [3.8, 4) is 0 Å². The number of nitrogens with one attached hydrogen (secondary N) is 1. The minimum absolute atomic E-state index is 0.0710. The maximum atomic E-state index is 12.6. The first-order valence-electron chi connectivity index (χ1n) is 8.29. The van der Waals surface area contributed by atoms with Gasteiger partial charge in [-0.15, -0.1) is 0 Å². The van der Waals surface area contributed by atoms with E-state index in [1.165, 1.54) is 24.8 Å². The van der Waals surface area contributed by atoms with Crippen LogP contribution in [0.15, 0.2) is 29.4 Å². The van der Waals surface area contributed by atoms with Crippen molar-refractivity contribution in [1.29, 1.82) is 0 Å². The first-order valence-corrected chi connectivity index (χ1v) is 8.29. The molecule has 0 bridgehead atoms. The smallest absolute Gasteiger partial charge is 0.235 e. The summed E-state index contributed by atoms with van der Waals surface area (Å²) in [6, 6.07) is 8.32. The van der Waals surface area contributed by atoms with Crippen molar-refractivity contribution in [3.05, 3.63) is 29.8 Å². The number of benzene rings is 1. The quantitative estimate of drug-likeness (QED) is 0.928. The summed E-state index contributed by atoms with van der Waals surface area (Å²) in [6.45, 7) is 2.61. The highest BCUT2D eigenvalue weighted by Gasteiger charge is 2.48.